The molecule has 33 heavy (non-hydrogen) atoms. The highest BCUT2D eigenvalue weighted by molar-refractivity contribution is 5.85. The third-order valence-electron chi connectivity index (χ3n) is 3.84. The van der Waals surface area contributed by atoms with Gasteiger partial charge in [0.15, 0.2) is 23.0 Å². The molecular weight excluding hydrogens is 432 g/mol. The van der Waals surface area contributed by atoms with Gasteiger partial charge < -0.3 is 24.4 Å². The van der Waals surface area contributed by atoms with Crippen molar-refractivity contribution >= 4 is 24.2 Å². The minimum absolute atomic E-state index is 0.00683. The van der Waals surface area contributed by atoms with E-state index in [2.05, 4.69) is 21.1 Å². The quantitative estimate of drug-likeness (QED) is 0.278. The molecule has 2 rings (SSSR count). The van der Waals surface area contributed by atoms with Gasteiger partial charge >= 0.3 is 0 Å². The number of phenols is 2. The second kappa shape index (κ2) is 13.3. The molecule has 11 heteroatoms. The molecule has 0 heterocycles. The van der Waals surface area contributed by atoms with E-state index in [4.69, 9.17) is 14.2 Å². The van der Waals surface area contributed by atoms with E-state index in [0.29, 0.717) is 35.8 Å². The maximum Gasteiger partial charge on any atom is 0.266 e. The molecule has 0 aliphatic carbocycles. The Kier molecular flexibility index (Phi) is 10.2. The number of benzene rings is 2. The van der Waals surface area contributed by atoms with Crippen LogP contribution in [0.15, 0.2) is 46.6 Å². The summed E-state index contributed by atoms with van der Waals surface area (Å²) in [4.78, 5) is 23.5. The Hall–Kier alpha value is -4.12. The maximum atomic E-state index is 11.7. The molecule has 176 valence electrons. The number of nitrogens with zero attached hydrogens (tertiary/aromatic N) is 2. The standard InChI is InChI=1S/C22H26N4O7/c1-3-32-19-9-15(5-7-17(19)27)11-23-25-21(29)13-31-14-22(30)26-24-12-16-6-8-18(28)20(10-16)33-4-2/h5-12,27-28H,3-4,13-14H2,1-2H3,(H,25,29)(H,26,30)/b23-11-,24-12-. The van der Waals surface area contributed by atoms with Gasteiger partial charge in [-0.25, -0.2) is 10.9 Å². The third-order valence-corrected chi connectivity index (χ3v) is 3.84. The summed E-state index contributed by atoms with van der Waals surface area (Å²) in [6.07, 6.45) is 2.75. The molecule has 2 aromatic carbocycles. The fraction of sp³-hybridized carbons (Fsp3) is 0.273. The summed E-state index contributed by atoms with van der Waals surface area (Å²) >= 11 is 0. The molecule has 0 aromatic heterocycles. The van der Waals surface area contributed by atoms with Crippen molar-refractivity contribution in [3.8, 4) is 23.0 Å². The lowest BCUT2D eigenvalue weighted by Crippen LogP contribution is -2.28. The molecular formula is C22H26N4O7. The second-order valence-corrected chi connectivity index (χ2v) is 6.40. The van der Waals surface area contributed by atoms with Crippen LogP contribution in [-0.4, -0.2) is 60.9 Å². The van der Waals surface area contributed by atoms with Crippen LogP contribution < -0.4 is 20.3 Å². The number of phenolic OH excluding ortho intramolecular Hbond substituents is 2. The van der Waals surface area contributed by atoms with Crippen LogP contribution in [0.5, 0.6) is 23.0 Å². The van der Waals surface area contributed by atoms with E-state index < -0.39 is 11.8 Å². The van der Waals surface area contributed by atoms with Crippen molar-refractivity contribution < 1.29 is 34.0 Å². The zero-order valence-electron chi connectivity index (χ0n) is 18.3. The average molecular weight is 458 g/mol. The number of hydrogen-bond acceptors (Lipinski definition) is 9. The summed E-state index contributed by atoms with van der Waals surface area (Å²) in [6, 6.07) is 9.27. The van der Waals surface area contributed by atoms with Crippen LogP contribution in [0, 0.1) is 0 Å². The van der Waals surface area contributed by atoms with Crippen LogP contribution in [0.25, 0.3) is 0 Å². The molecule has 0 aliphatic rings. The summed E-state index contributed by atoms with van der Waals surface area (Å²) in [5, 5.41) is 26.9. The highest BCUT2D eigenvalue weighted by Gasteiger charge is 2.06. The molecule has 2 aromatic rings. The highest BCUT2D eigenvalue weighted by Crippen LogP contribution is 2.26. The molecule has 4 N–H and O–H groups in total. The lowest BCUT2D eigenvalue weighted by Gasteiger charge is -2.06. The van der Waals surface area contributed by atoms with Crippen molar-refractivity contribution in [3.05, 3.63) is 47.5 Å². The van der Waals surface area contributed by atoms with Crippen LogP contribution in [-0.2, 0) is 14.3 Å². The van der Waals surface area contributed by atoms with Crippen molar-refractivity contribution in [1.82, 2.24) is 10.9 Å². The Morgan fingerprint density at radius 3 is 1.64 bits per heavy atom. The molecule has 2 amide bonds. The monoisotopic (exact) mass is 458 g/mol. The first-order valence-corrected chi connectivity index (χ1v) is 10.1. The van der Waals surface area contributed by atoms with Crippen molar-refractivity contribution in [2.45, 2.75) is 13.8 Å². The predicted octanol–water partition coefficient (Wildman–Crippen LogP) is 1.51. The smallest absolute Gasteiger partial charge is 0.266 e. The van der Waals surface area contributed by atoms with Gasteiger partial charge in [0, 0.05) is 0 Å². The molecule has 0 saturated heterocycles. The molecule has 0 unspecified atom stereocenters. The van der Waals surface area contributed by atoms with Gasteiger partial charge in [0.1, 0.15) is 13.2 Å². The van der Waals surface area contributed by atoms with E-state index in [-0.39, 0.29) is 24.7 Å². The normalized spacial score (nSPS) is 11.0. The lowest BCUT2D eigenvalue weighted by atomic mass is 10.2. The van der Waals surface area contributed by atoms with Gasteiger partial charge in [-0.15, -0.1) is 0 Å². The van der Waals surface area contributed by atoms with Crippen molar-refractivity contribution in [2.75, 3.05) is 26.4 Å². The van der Waals surface area contributed by atoms with E-state index in [1.165, 1.54) is 24.6 Å². The fourth-order valence-electron chi connectivity index (χ4n) is 2.42. The minimum Gasteiger partial charge on any atom is -0.504 e. The number of carbonyl (C=O) groups excluding carboxylic acids is 2. The first-order chi connectivity index (χ1) is 15.9. The number of carbonyl (C=O) groups is 2. The van der Waals surface area contributed by atoms with Gasteiger partial charge in [-0.3, -0.25) is 9.59 Å². The third kappa shape index (κ3) is 8.87. The van der Waals surface area contributed by atoms with Crippen LogP contribution in [0.1, 0.15) is 25.0 Å². The molecule has 0 fully saturated rings. The summed E-state index contributed by atoms with van der Waals surface area (Å²) in [5.41, 5.74) is 5.74. The largest absolute Gasteiger partial charge is 0.504 e. The van der Waals surface area contributed by atoms with Gasteiger partial charge in [0.05, 0.1) is 25.6 Å². The van der Waals surface area contributed by atoms with Crippen LogP contribution in [0.2, 0.25) is 0 Å². The number of rotatable bonds is 12. The van der Waals surface area contributed by atoms with Crippen molar-refractivity contribution in [2.24, 2.45) is 10.2 Å². The number of aromatic hydroxyl groups is 2. The summed E-state index contributed by atoms with van der Waals surface area (Å²) in [7, 11) is 0. The summed E-state index contributed by atoms with van der Waals surface area (Å²) in [6.45, 7) is 3.61. The summed E-state index contributed by atoms with van der Waals surface area (Å²) < 4.78 is 15.6. The van der Waals surface area contributed by atoms with E-state index >= 15 is 0 Å². The molecule has 0 radical (unpaired) electrons. The van der Waals surface area contributed by atoms with Gasteiger partial charge in [-0.1, -0.05) is 0 Å². The summed E-state index contributed by atoms with van der Waals surface area (Å²) in [5.74, 6) is -0.479. The van der Waals surface area contributed by atoms with E-state index in [1.807, 2.05) is 0 Å². The Labute approximate surface area is 190 Å². The van der Waals surface area contributed by atoms with E-state index in [0.717, 1.165) is 0 Å². The van der Waals surface area contributed by atoms with Gasteiger partial charge in [-0.05, 0) is 61.4 Å². The minimum atomic E-state index is -0.557. The van der Waals surface area contributed by atoms with Gasteiger partial charge in [0.2, 0.25) is 0 Å². The Balaban J connectivity index is 1.70. The van der Waals surface area contributed by atoms with Crippen molar-refractivity contribution in [3.63, 3.8) is 0 Å². The number of hydrazone groups is 2. The van der Waals surface area contributed by atoms with E-state index in [9.17, 15) is 19.8 Å². The molecule has 0 bridgehead atoms. The molecule has 0 spiro atoms. The molecule has 0 saturated carbocycles. The first-order valence-electron chi connectivity index (χ1n) is 10.1. The Morgan fingerprint density at radius 2 is 1.24 bits per heavy atom. The molecule has 0 aliphatic heterocycles. The van der Waals surface area contributed by atoms with Crippen LogP contribution in [0.3, 0.4) is 0 Å². The number of hydrogen-bond donors (Lipinski definition) is 4. The fourth-order valence-corrected chi connectivity index (χ4v) is 2.42. The zero-order valence-corrected chi connectivity index (χ0v) is 18.3. The number of amides is 2. The van der Waals surface area contributed by atoms with Crippen molar-refractivity contribution in [1.29, 1.82) is 0 Å². The number of nitrogens with one attached hydrogen (secondary N) is 2. The second-order valence-electron chi connectivity index (χ2n) is 6.40. The van der Waals surface area contributed by atoms with Gasteiger partial charge in [-0.2, -0.15) is 10.2 Å². The maximum absolute atomic E-state index is 11.7. The van der Waals surface area contributed by atoms with Crippen LogP contribution >= 0.6 is 0 Å². The Bertz CT molecular complexity index is 929. The topological polar surface area (TPSA) is 151 Å². The lowest BCUT2D eigenvalue weighted by molar-refractivity contribution is -0.130. The first kappa shape index (κ1) is 25.1. The zero-order chi connectivity index (χ0) is 24.1. The van der Waals surface area contributed by atoms with E-state index in [1.54, 1.807) is 38.1 Å². The Morgan fingerprint density at radius 1 is 0.818 bits per heavy atom. The highest BCUT2D eigenvalue weighted by atomic mass is 16.5. The number of ether oxygens (including phenoxy) is 3. The predicted molar refractivity (Wildman–Crippen MR) is 121 cm³/mol. The van der Waals surface area contributed by atoms with Crippen LogP contribution in [0.4, 0.5) is 0 Å². The molecule has 11 nitrogen and oxygen atoms in total. The SMILES string of the molecule is CCOc1cc(/C=N\NC(=O)COCC(=O)N/N=C\c2ccc(O)c(OCC)c2)ccc1O. The molecule has 0 atom stereocenters. The van der Waals surface area contributed by atoms with Gasteiger partial charge in [0.25, 0.3) is 11.8 Å². The average Bonchev–Trinajstić information content (AvgIpc) is 2.78.